The van der Waals surface area contributed by atoms with E-state index in [4.69, 9.17) is 0 Å². The Kier molecular flexibility index (Phi) is 5.07. The Bertz CT molecular complexity index is 1400. The van der Waals surface area contributed by atoms with E-state index in [0.717, 1.165) is 47.1 Å². The Hall–Kier alpha value is -3.48. The van der Waals surface area contributed by atoms with Crippen LogP contribution < -0.4 is 10.5 Å². The van der Waals surface area contributed by atoms with Crippen molar-refractivity contribution in [3.8, 4) is 0 Å². The van der Waals surface area contributed by atoms with Crippen molar-refractivity contribution in [3.63, 3.8) is 0 Å². The molecule has 1 aliphatic heterocycles. The zero-order valence-corrected chi connectivity index (χ0v) is 19.9. The van der Waals surface area contributed by atoms with E-state index in [-0.39, 0.29) is 11.1 Å². The molecule has 0 saturated heterocycles. The van der Waals surface area contributed by atoms with E-state index in [2.05, 4.69) is 83.4 Å². The van der Waals surface area contributed by atoms with E-state index >= 15 is 0 Å². The van der Waals surface area contributed by atoms with Crippen LogP contribution in [-0.4, -0.2) is 31.7 Å². The highest BCUT2D eigenvalue weighted by Gasteiger charge is 2.36. The highest BCUT2D eigenvalue weighted by atomic mass is 16.1. The molecule has 0 unspecified atom stereocenters. The molecule has 2 aromatic carbocycles. The number of aryl methyl sites for hydroxylation is 2. The van der Waals surface area contributed by atoms with Gasteiger partial charge in [-0.3, -0.25) is 4.79 Å². The highest BCUT2D eigenvalue weighted by molar-refractivity contribution is 5.83. The fraction of sp³-hybridized carbons (Fsp3) is 0.385. The smallest absolute Gasteiger partial charge is 0.254 e. The normalized spacial score (nSPS) is 14.6. The van der Waals surface area contributed by atoms with Gasteiger partial charge in [0.15, 0.2) is 5.82 Å². The third-order valence-electron chi connectivity index (χ3n) is 7.03. The average molecular weight is 443 g/mol. The van der Waals surface area contributed by atoms with E-state index in [1.54, 1.807) is 0 Å². The van der Waals surface area contributed by atoms with Crippen molar-refractivity contribution in [3.05, 3.63) is 80.9 Å². The highest BCUT2D eigenvalue weighted by Crippen LogP contribution is 2.38. The van der Waals surface area contributed by atoms with Crippen LogP contribution in [0.25, 0.3) is 10.9 Å². The quantitative estimate of drug-likeness (QED) is 0.495. The van der Waals surface area contributed by atoms with E-state index in [1.807, 2.05) is 23.7 Å². The van der Waals surface area contributed by atoms with Crippen LogP contribution in [0.2, 0.25) is 0 Å². The number of hydrogen-bond donors (Lipinski definition) is 1. The number of fused-ring (bicyclic) bond motifs is 2. The number of aromatic nitrogens is 5. The van der Waals surface area contributed by atoms with Crippen molar-refractivity contribution < 1.29 is 0 Å². The van der Waals surface area contributed by atoms with Crippen LogP contribution in [-0.2, 0) is 12.0 Å². The lowest BCUT2D eigenvalue weighted by Crippen LogP contribution is -2.37. The number of pyridine rings is 1. The summed E-state index contributed by atoms with van der Waals surface area (Å²) in [5.74, 6) is 0.688. The van der Waals surface area contributed by atoms with Gasteiger partial charge in [0.25, 0.3) is 5.56 Å². The fourth-order valence-electron chi connectivity index (χ4n) is 4.93. The molecule has 0 fully saturated rings. The van der Waals surface area contributed by atoms with Gasteiger partial charge in [-0.15, -0.1) is 5.10 Å². The summed E-state index contributed by atoms with van der Waals surface area (Å²) < 4.78 is 1.89. The molecule has 2 aromatic heterocycles. The van der Waals surface area contributed by atoms with Gasteiger partial charge >= 0.3 is 0 Å². The van der Waals surface area contributed by atoms with Gasteiger partial charge in [-0.05, 0) is 85.7 Å². The molecular formula is C26H30N6O. The number of nitrogens with one attached hydrogen (secondary N) is 1. The molecule has 0 bridgehead atoms. The third-order valence-corrected chi connectivity index (χ3v) is 7.03. The summed E-state index contributed by atoms with van der Waals surface area (Å²) in [6.45, 7) is 11.3. The van der Waals surface area contributed by atoms with Crippen LogP contribution in [0, 0.1) is 13.8 Å². The van der Waals surface area contributed by atoms with Gasteiger partial charge < -0.3 is 9.88 Å². The number of anilines is 1. The Labute approximate surface area is 193 Å². The molecule has 0 aliphatic carbocycles. The van der Waals surface area contributed by atoms with Gasteiger partial charge in [0, 0.05) is 17.8 Å². The number of aromatic amines is 1. The summed E-state index contributed by atoms with van der Waals surface area (Å²) in [6, 6.07) is 14.2. The number of tetrazole rings is 1. The Morgan fingerprint density at radius 2 is 1.94 bits per heavy atom. The maximum absolute atomic E-state index is 13.5. The van der Waals surface area contributed by atoms with Crippen LogP contribution in [0.1, 0.15) is 61.3 Å². The monoisotopic (exact) mass is 442 g/mol. The summed E-state index contributed by atoms with van der Waals surface area (Å²) in [7, 11) is 0. The van der Waals surface area contributed by atoms with Crippen molar-refractivity contribution in [2.45, 2.75) is 59.0 Å². The van der Waals surface area contributed by atoms with Crippen LogP contribution in [0.15, 0.2) is 47.3 Å². The summed E-state index contributed by atoms with van der Waals surface area (Å²) in [5.41, 5.74) is 5.79. The van der Waals surface area contributed by atoms with Crippen molar-refractivity contribution in [1.82, 2.24) is 25.2 Å². The number of benzene rings is 2. The van der Waals surface area contributed by atoms with E-state index < -0.39 is 6.04 Å². The van der Waals surface area contributed by atoms with Gasteiger partial charge in [0.2, 0.25) is 0 Å². The summed E-state index contributed by atoms with van der Waals surface area (Å²) in [6.07, 6.45) is 1.79. The van der Waals surface area contributed by atoms with Crippen molar-refractivity contribution >= 4 is 16.6 Å². The Morgan fingerprint density at radius 1 is 1.15 bits per heavy atom. The van der Waals surface area contributed by atoms with Gasteiger partial charge in [0.05, 0.1) is 11.1 Å². The van der Waals surface area contributed by atoms with Crippen molar-refractivity contribution in [2.75, 3.05) is 11.4 Å². The van der Waals surface area contributed by atoms with E-state index in [0.29, 0.717) is 11.4 Å². The summed E-state index contributed by atoms with van der Waals surface area (Å²) in [4.78, 5) is 19.0. The molecule has 7 heteroatoms. The van der Waals surface area contributed by atoms with Crippen LogP contribution in [0.3, 0.4) is 0 Å². The Balaban J connectivity index is 1.78. The molecular weight excluding hydrogens is 412 g/mol. The number of H-pyrrole nitrogens is 1. The molecule has 0 saturated carbocycles. The third kappa shape index (κ3) is 3.52. The molecule has 0 radical (unpaired) electrons. The lowest BCUT2D eigenvalue weighted by Gasteiger charge is -2.32. The zero-order chi connectivity index (χ0) is 23.3. The van der Waals surface area contributed by atoms with Crippen LogP contribution in [0.5, 0.6) is 0 Å². The minimum atomic E-state index is -0.400. The molecule has 4 aromatic rings. The maximum Gasteiger partial charge on any atom is 0.254 e. The molecule has 3 heterocycles. The molecule has 7 nitrogen and oxygen atoms in total. The predicted octanol–water partition coefficient (Wildman–Crippen LogP) is 4.43. The van der Waals surface area contributed by atoms with E-state index in [1.165, 1.54) is 5.56 Å². The summed E-state index contributed by atoms with van der Waals surface area (Å²) >= 11 is 0. The molecule has 0 spiro atoms. The largest absolute Gasteiger partial charge is 0.357 e. The minimum Gasteiger partial charge on any atom is -0.357 e. The van der Waals surface area contributed by atoms with Crippen LogP contribution in [0.4, 0.5) is 5.69 Å². The second-order valence-corrected chi connectivity index (χ2v) is 9.69. The molecule has 1 aliphatic rings. The molecule has 170 valence electrons. The van der Waals surface area contributed by atoms with Gasteiger partial charge in [0.1, 0.15) is 6.04 Å². The lowest BCUT2D eigenvalue weighted by molar-refractivity contribution is 0.287. The van der Waals surface area contributed by atoms with Crippen LogP contribution >= 0.6 is 0 Å². The second kappa shape index (κ2) is 7.83. The first-order valence-electron chi connectivity index (χ1n) is 11.6. The number of nitrogens with zero attached hydrogens (tertiary/aromatic N) is 5. The zero-order valence-electron chi connectivity index (χ0n) is 19.9. The number of hydrogen-bond acceptors (Lipinski definition) is 5. The lowest BCUT2D eigenvalue weighted by atomic mass is 9.98. The number of para-hydroxylation sites is 1. The molecule has 33 heavy (non-hydrogen) atoms. The Morgan fingerprint density at radius 3 is 2.73 bits per heavy atom. The molecule has 0 amide bonds. The average Bonchev–Trinajstić information content (AvgIpc) is 3.44. The first-order valence-corrected chi connectivity index (χ1v) is 11.6. The topological polar surface area (TPSA) is 79.7 Å². The molecule has 1 N–H and O–H groups in total. The van der Waals surface area contributed by atoms with Gasteiger partial charge in [-0.2, -0.15) is 0 Å². The summed E-state index contributed by atoms with van der Waals surface area (Å²) in [5, 5.41) is 13.9. The second-order valence-electron chi connectivity index (χ2n) is 9.69. The molecule has 5 rings (SSSR count). The van der Waals surface area contributed by atoms with E-state index in [9.17, 15) is 4.79 Å². The minimum absolute atomic E-state index is 0.104. The molecule has 1 atom stereocenters. The first-order chi connectivity index (χ1) is 15.8. The number of rotatable bonds is 5. The van der Waals surface area contributed by atoms with Crippen molar-refractivity contribution in [1.29, 1.82) is 0 Å². The van der Waals surface area contributed by atoms with Gasteiger partial charge in [-0.1, -0.05) is 36.8 Å². The van der Waals surface area contributed by atoms with Crippen molar-refractivity contribution in [2.24, 2.45) is 0 Å². The SMILES string of the molecule is CCC(C)(C)n1nnnc1[C@@H](c1cc2cc(C)cc(C)c2[nH]c1=O)N1CCc2ccccc21. The fourth-order valence-corrected chi connectivity index (χ4v) is 4.93. The standard InChI is InChI=1S/C26H30N6O/c1-6-26(4,5)32-24(28-29-30-32)23(31-12-11-18-9-7-8-10-21(18)31)20-15-19-14-16(2)13-17(3)22(19)27-25(20)33/h7-10,13-15,23H,6,11-12H2,1-5H3,(H,27,33)/t23-/m1/s1. The maximum atomic E-state index is 13.5. The van der Waals surface area contributed by atoms with Gasteiger partial charge in [-0.25, -0.2) is 4.68 Å². The predicted molar refractivity (Wildman–Crippen MR) is 131 cm³/mol. The first kappa shape index (κ1) is 21.4.